The first-order valence-corrected chi connectivity index (χ1v) is 4.19. The molecule has 4 heteroatoms. The topological polar surface area (TPSA) is 66.4 Å². The third kappa shape index (κ3) is 0.838. The fourth-order valence-electron chi connectivity index (χ4n) is 2.20. The molecule has 2 fully saturated rings. The first-order valence-electron chi connectivity index (χ1n) is 4.19. The minimum Gasteiger partial charge on any atom is -0.480 e. The number of carbonyl (C=O) groups excluding carboxylic acids is 1. The molecule has 66 valence electrons. The number of hydrogen-bond acceptors (Lipinski definition) is 2. The van der Waals surface area contributed by atoms with Gasteiger partial charge in [-0.1, -0.05) is 0 Å². The molecule has 1 aliphatic carbocycles. The van der Waals surface area contributed by atoms with Gasteiger partial charge in [0.25, 0.3) is 0 Å². The van der Waals surface area contributed by atoms with E-state index < -0.39 is 11.5 Å². The number of carboxylic acid groups (broad SMARTS) is 1. The minimum atomic E-state index is -0.917. The first kappa shape index (κ1) is 7.58. The molecule has 2 rings (SSSR count). The van der Waals surface area contributed by atoms with E-state index in [0.29, 0.717) is 12.8 Å². The second-order valence-corrected chi connectivity index (χ2v) is 3.67. The van der Waals surface area contributed by atoms with Crippen LogP contribution in [-0.4, -0.2) is 22.5 Å². The molecule has 12 heavy (non-hydrogen) atoms. The minimum absolute atomic E-state index is 0.0464. The van der Waals surface area contributed by atoms with E-state index in [1.165, 1.54) is 0 Å². The molecule has 2 bridgehead atoms. The molecule has 0 spiro atoms. The van der Waals surface area contributed by atoms with Crippen molar-refractivity contribution in [1.82, 2.24) is 5.32 Å². The summed E-state index contributed by atoms with van der Waals surface area (Å²) in [6.07, 6.45) is 2.77. The van der Waals surface area contributed by atoms with Crippen LogP contribution in [0.5, 0.6) is 0 Å². The standard InChI is InChI=1S/C8H11NO3/c10-6-5-2-1-3-8(4-5,9-6)7(11)12/h5H,1-4H2,(H,9,10)(H,11,12). The smallest absolute Gasteiger partial charge is 0.329 e. The van der Waals surface area contributed by atoms with Crippen LogP contribution < -0.4 is 5.32 Å². The van der Waals surface area contributed by atoms with Crippen LogP contribution in [0.15, 0.2) is 0 Å². The SMILES string of the molecule is O=C1NC2(C(=O)O)CCCC1C2. The summed E-state index contributed by atoms with van der Waals surface area (Å²) in [7, 11) is 0. The van der Waals surface area contributed by atoms with Crippen molar-refractivity contribution < 1.29 is 14.7 Å². The van der Waals surface area contributed by atoms with Crippen molar-refractivity contribution in [2.75, 3.05) is 0 Å². The van der Waals surface area contributed by atoms with Crippen LogP contribution in [0.1, 0.15) is 25.7 Å². The molecule has 0 aromatic heterocycles. The molecular weight excluding hydrogens is 158 g/mol. The quantitative estimate of drug-likeness (QED) is 0.586. The number of amides is 1. The maximum absolute atomic E-state index is 11.2. The van der Waals surface area contributed by atoms with E-state index in [9.17, 15) is 9.59 Å². The average molecular weight is 169 g/mol. The monoisotopic (exact) mass is 169 g/mol. The van der Waals surface area contributed by atoms with Crippen LogP contribution >= 0.6 is 0 Å². The predicted molar refractivity (Wildman–Crippen MR) is 40.5 cm³/mol. The molecular formula is C8H11NO3. The van der Waals surface area contributed by atoms with E-state index in [4.69, 9.17) is 5.11 Å². The fourth-order valence-corrected chi connectivity index (χ4v) is 2.20. The Morgan fingerprint density at radius 1 is 1.67 bits per heavy atom. The summed E-state index contributed by atoms with van der Waals surface area (Å²) in [4.78, 5) is 22.1. The summed E-state index contributed by atoms with van der Waals surface area (Å²) in [5, 5.41) is 11.5. The Labute approximate surface area is 69.9 Å². The zero-order valence-electron chi connectivity index (χ0n) is 6.67. The van der Waals surface area contributed by atoms with E-state index in [1.54, 1.807) is 0 Å². The van der Waals surface area contributed by atoms with Gasteiger partial charge >= 0.3 is 5.97 Å². The lowest BCUT2D eigenvalue weighted by Gasteiger charge is -2.26. The Balaban J connectivity index is 2.29. The number of nitrogens with one attached hydrogen (secondary N) is 1. The highest BCUT2D eigenvalue weighted by Gasteiger charge is 2.51. The van der Waals surface area contributed by atoms with Gasteiger partial charge in [-0.05, 0) is 25.7 Å². The van der Waals surface area contributed by atoms with E-state index in [2.05, 4.69) is 5.32 Å². The molecule has 2 aliphatic rings. The number of fused-ring (bicyclic) bond motifs is 2. The number of rotatable bonds is 1. The van der Waals surface area contributed by atoms with Gasteiger partial charge in [0.1, 0.15) is 5.54 Å². The lowest BCUT2D eigenvalue weighted by molar-refractivity contribution is -0.145. The summed E-state index contributed by atoms with van der Waals surface area (Å²) in [6, 6.07) is 0. The van der Waals surface area contributed by atoms with Crippen LogP contribution in [0.4, 0.5) is 0 Å². The highest BCUT2D eigenvalue weighted by molar-refractivity contribution is 5.92. The largest absolute Gasteiger partial charge is 0.480 e. The van der Waals surface area contributed by atoms with Crippen LogP contribution in [0, 0.1) is 5.92 Å². The highest BCUT2D eigenvalue weighted by atomic mass is 16.4. The molecule has 4 nitrogen and oxygen atoms in total. The lowest BCUT2D eigenvalue weighted by Crippen LogP contribution is -2.48. The van der Waals surface area contributed by atoms with Crippen molar-refractivity contribution in [3.05, 3.63) is 0 Å². The lowest BCUT2D eigenvalue weighted by atomic mass is 9.80. The number of aliphatic carboxylic acids is 1. The van der Waals surface area contributed by atoms with Gasteiger partial charge in [-0.15, -0.1) is 0 Å². The Morgan fingerprint density at radius 3 is 3.00 bits per heavy atom. The Bertz CT molecular complexity index is 249. The third-order valence-corrected chi connectivity index (χ3v) is 2.89. The van der Waals surface area contributed by atoms with Gasteiger partial charge in [-0.3, -0.25) is 4.79 Å². The van der Waals surface area contributed by atoms with Gasteiger partial charge in [0, 0.05) is 5.92 Å². The van der Waals surface area contributed by atoms with E-state index >= 15 is 0 Å². The van der Waals surface area contributed by atoms with Crippen molar-refractivity contribution in [3.63, 3.8) is 0 Å². The molecule has 0 radical (unpaired) electrons. The molecule has 1 heterocycles. The van der Waals surface area contributed by atoms with Gasteiger partial charge in [0.2, 0.25) is 5.91 Å². The predicted octanol–water partition coefficient (Wildman–Crippen LogP) is 0.130. The van der Waals surface area contributed by atoms with E-state index in [1.807, 2.05) is 0 Å². The molecule has 0 aromatic rings. The summed E-state index contributed by atoms with van der Waals surface area (Å²) >= 11 is 0. The summed E-state index contributed by atoms with van der Waals surface area (Å²) in [5.74, 6) is -0.997. The van der Waals surface area contributed by atoms with E-state index in [-0.39, 0.29) is 11.8 Å². The number of carbonyl (C=O) groups is 2. The van der Waals surface area contributed by atoms with Crippen molar-refractivity contribution >= 4 is 11.9 Å². The zero-order valence-corrected chi connectivity index (χ0v) is 6.67. The normalized spacial score (nSPS) is 39.3. The molecule has 2 N–H and O–H groups in total. The Morgan fingerprint density at radius 2 is 2.42 bits per heavy atom. The maximum Gasteiger partial charge on any atom is 0.329 e. The second-order valence-electron chi connectivity index (χ2n) is 3.67. The molecule has 1 aliphatic heterocycles. The van der Waals surface area contributed by atoms with Crippen LogP contribution in [0.3, 0.4) is 0 Å². The zero-order chi connectivity index (χ0) is 8.77. The van der Waals surface area contributed by atoms with E-state index in [0.717, 1.165) is 12.8 Å². The molecule has 1 saturated carbocycles. The fraction of sp³-hybridized carbons (Fsp3) is 0.750. The van der Waals surface area contributed by atoms with Crippen LogP contribution in [0.25, 0.3) is 0 Å². The van der Waals surface area contributed by atoms with Crippen molar-refractivity contribution in [2.24, 2.45) is 5.92 Å². The van der Waals surface area contributed by atoms with Crippen molar-refractivity contribution in [1.29, 1.82) is 0 Å². The maximum atomic E-state index is 11.2. The van der Waals surface area contributed by atoms with Crippen molar-refractivity contribution in [3.8, 4) is 0 Å². The third-order valence-electron chi connectivity index (χ3n) is 2.89. The summed E-state index contributed by atoms with van der Waals surface area (Å²) in [5.41, 5.74) is -0.917. The second kappa shape index (κ2) is 2.21. The molecule has 2 atom stereocenters. The highest BCUT2D eigenvalue weighted by Crippen LogP contribution is 2.38. The molecule has 1 amide bonds. The summed E-state index contributed by atoms with van der Waals surface area (Å²) in [6.45, 7) is 0. The van der Waals surface area contributed by atoms with Crippen LogP contribution in [-0.2, 0) is 9.59 Å². The van der Waals surface area contributed by atoms with Gasteiger partial charge in [0.05, 0.1) is 0 Å². The molecule has 0 aromatic carbocycles. The summed E-state index contributed by atoms with van der Waals surface area (Å²) < 4.78 is 0. The Kier molecular flexibility index (Phi) is 1.40. The van der Waals surface area contributed by atoms with Crippen LogP contribution in [0.2, 0.25) is 0 Å². The number of carboxylic acids is 1. The first-order chi connectivity index (χ1) is 5.64. The number of hydrogen-bond donors (Lipinski definition) is 2. The van der Waals surface area contributed by atoms with Crippen molar-refractivity contribution in [2.45, 2.75) is 31.2 Å². The average Bonchev–Trinajstić information content (AvgIpc) is 2.25. The van der Waals surface area contributed by atoms with Gasteiger partial charge in [0.15, 0.2) is 0 Å². The Hall–Kier alpha value is -1.06. The molecule has 1 saturated heterocycles. The van der Waals surface area contributed by atoms with Gasteiger partial charge < -0.3 is 10.4 Å². The van der Waals surface area contributed by atoms with Gasteiger partial charge in [-0.25, -0.2) is 4.79 Å². The van der Waals surface area contributed by atoms with Gasteiger partial charge in [-0.2, -0.15) is 0 Å². The molecule has 2 unspecified atom stereocenters.